The third-order valence-electron chi connectivity index (χ3n) is 5.03. The van der Waals surface area contributed by atoms with E-state index in [0.717, 1.165) is 49.2 Å². The molecule has 1 aliphatic heterocycles. The van der Waals surface area contributed by atoms with Gasteiger partial charge in [-0.25, -0.2) is 9.97 Å². The smallest absolute Gasteiger partial charge is 0.230 e. The van der Waals surface area contributed by atoms with Crippen LogP contribution in [0.25, 0.3) is 20.7 Å². The van der Waals surface area contributed by atoms with Crippen molar-refractivity contribution in [1.82, 2.24) is 15.3 Å². The summed E-state index contributed by atoms with van der Waals surface area (Å²) in [5.41, 5.74) is 2.26. The molecule has 0 fully saturated rings. The predicted molar refractivity (Wildman–Crippen MR) is 128 cm³/mol. The third kappa shape index (κ3) is 4.71. The Kier molecular flexibility index (Phi) is 6.22. The highest BCUT2D eigenvalue weighted by atomic mass is 32.2. The maximum absolute atomic E-state index is 12.4. The molecule has 0 saturated carbocycles. The summed E-state index contributed by atoms with van der Waals surface area (Å²) in [7, 11) is 0. The lowest BCUT2D eigenvalue weighted by Crippen LogP contribution is -2.27. The van der Waals surface area contributed by atoms with Gasteiger partial charge in [0.05, 0.1) is 5.75 Å². The number of aromatic nitrogens is 2. The largest absolute Gasteiger partial charge is 0.486 e. The van der Waals surface area contributed by atoms with Gasteiger partial charge in [0.1, 0.15) is 29.4 Å². The molecule has 0 spiro atoms. The molecule has 4 aromatic rings. The van der Waals surface area contributed by atoms with Gasteiger partial charge in [-0.15, -0.1) is 11.3 Å². The minimum atomic E-state index is -0.0159. The minimum absolute atomic E-state index is 0.0159. The average molecular weight is 464 g/mol. The second-order valence-corrected chi connectivity index (χ2v) is 9.24. The molecule has 6 nitrogen and oxygen atoms in total. The van der Waals surface area contributed by atoms with Gasteiger partial charge in [0.25, 0.3) is 0 Å². The molecule has 2 aromatic heterocycles. The van der Waals surface area contributed by atoms with Gasteiger partial charge in [0, 0.05) is 16.8 Å². The maximum Gasteiger partial charge on any atom is 0.230 e. The highest BCUT2D eigenvalue weighted by Crippen LogP contribution is 2.36. The fourth-order valence-electron chi connectivity index (χ4n) is 3.47. The van der Waals surface area contributed by atoms with Crippen LogP contribution in [-0.4, -0.2) is 41.4 Å². The normalized spacial score (nSPS) is 12.6. The summed E-state index contributed by atoms with van der Waals surface area (Å²) in [6.07, 6.45) is 2.30. The van der Waals surface area contributed by atoms with Crippen molar-refractivity contribution in [1.29, 1.82) is 0 Å². The SMILES string of the molecule is O=C(CSc1ncnc2sc(-c3ccccc3)cc12)NCCc1ccc2c(c1)OCCO2. The molecule has 0 atom stereocenters. The van der Waals surface area contributed by atoms with Crippen molar-refractivity contribution in [2.45, 2.75) is 11.4 Å². The van der Waals surface area contributed by atoms with Crippen molar-refractivity contribution in [2.24, 2.45) is 0 Å². The predicted octanol–water partition coefficient (Wildman–Crippen LogP) is 4.58. The van der Waals surface area contributed by atoms with Crippen LogP contribution in [0.3, 0.4) is 0 Å². The molecule has 0 aliphatic carbocycles. The van der Waals surface area contributed by atoms with Gasteiger partial charge in [0.2, 0.25) is 5.91 Å². The molecular weight excluding hydrogens is 442 g/mol. The average Bonchev–Trinajstić information content (AvgIpc) is 3.28. The van der Waals surface area contributed by atoms with Crippen LogP contribution in [0.4, 0.5) is 0 Å². The van der Waals surface area contributed by atoms with Crippen LogP contribution in [-0.2, 0) is 11.2 Å². The van der Waals surface area contributed by atoms with E-state index in [1.807, 2.05) is 36.4 Å². The number of carbonyl (C=O) groups excluding carboxylic acids is 1. The summed E-state index contributed by atoms with van der Waals surface area (Å²) in [6.45, 7) is 1.71. The first kappa shape index (κ1) is 20.8. The molecule has 0 saturated heterocycles. The van der Waals surface area contributed by atoms with Gasteiger partial charge in [-0.2, -0.15) is 0 Å². The molecule has 0 unspecified atom stereocenters. The maximum atomic E-state index is 12.4. The van der Waals surface area contributed by atoms with Gasteiger partial charge in [-0.3, -0.25) is 4.79 Å². The summed E-state index contributed by atoms with van der Waals surface area (Å²) in [5, 5.41) is 4.81. The number of fused-ring (bicyclic) bond motifs is 2. The lowest BCUT2D eigenvalue weighted by Gasteiger charge is -2.18. The van der Waals surface area contributed by atoms with Crippen LogP contribution in [0.15, 0.2) is 66.0 Å². The van der Waals surface area contributed by atoms with Gasteiger partial charge in [0.15, 0.2) is 11.5 Å². The quantitative estimate of drug-likeness (QED) is 0.319. The zero-order valence-electron chi connectivity index (χ0n) is 17.2. The number of hydrogen-bond acceptors (Lipinski definition) is 7. The molecular formula is C24H21N3O3S2. The summed E-state index contributed by atoms with van der Waals surface area (Å²) in [5.74, 6) is 1.84. The Balaban J connectivity index is 1.17. The van der Waals surface area contributed by atoms with Gasteiger partial charge < -0.3 is 14.8 Å². The van der Waals surface area contributed by atoms with E-state index in [2.05, 4.69) is 33.5 Å². The first-order valence-corrected chi connectivity index (χ1v) is 12.1. The van der Waals surface area contributed by atoms with Gasteiger partial charge >= 0.3 is 0 Å². The fourth-order valence-corrected chi connectivity index (χ4v) is 5.34. The molecule has 1 aliphatic rings. The molecule has 2 aromatic carbocycles. The molecule has 0 radical (unpaired) electrons. The molecule has 5 rings (SSSR count). The first-order chi connectivity index (χ1) is 15.8. The number of thiophene rings is 1. The number of hydrogen-bond donors (Lipinski definition) is 1. The number of nitrogens with zero attached hydrogens (tertiary/aromatic N) is 2. The van der Waals surface area contributed by atoms with Crippen molar-refractivity contribution >= 4 is 39.2 Å². The Morgan fingerprint density at radius 1 is 1.03 bits per heavy atom. The fraction of sp³-hybridized carbons (Fsp3) is 0.208. The Morgan fingerprint density at radius 2 is 1.88 bits per heavy atom. The monoisotopic (exact) mass is 463 g/mol. The minimum Gasteiger partial charge on any atom is -0.486 e. The molecule has 1 N–H and O–H groups in total. The number of amides is 1. The van der Waals surface area contributed by atoms with Gasteiger partial charge in [-0.1, -0.05) is 48.2 Å². The Morgan fingerprint density at radius 3 is 2.75 bits per heavy atom. The molecule has 8 heteroatoms. The van der Waals surface area contributed by atoms with Crippen LogP contribution in [0.5, 0.6) is 11.5 Å². The van der Waals surface area contributed by atoms with Crippen molar-refractivity contribution in [3.8, 4) is 21.9 Å². The molecule has 32 heavy (non-hydrogen) atoms. The number of carbonyl (C=O) groups is 1. The van der Waals surface area contributed by atoms with E-state index in [4.69, 9.17) is 9.47 Å². The van der Waals surface area contributed by atoms with Crippen LogP contribution in [0.2, 0.25) is 0 Å². The van der Waals surface area contributed by atoms with Crippen molar-refractivity contribution in [3.05, 3.63) is 66.5 Å². The zero-order chi connectivity index (χ0) is 21.8. The van der Waals surface area contributed by atoms with E-state index in [1.54, 1.807) is 17.7 Å². The number of benzene rings is 2. The lowest BCUT2D eigenvalue weighted by atomic mass is 10.1. The summed E-state index contributed by atoms with van der Waals surface area (Å²) in [4.78, 5) is 23.3. The van der Waals surface area contributed by atoms with Crippen LogP contribution in [0, 0.1) is 0 Å². The van der Waals surface area contributed by atoms with Crippen LogP contribution >= 0.6 is 23.1 Å². The highest BCUT2D eigenvalue weighted by Gasteiger charge is 2.13. The summed E-state index contributed by atoms with van der Waals surface area (Å²) in [6, 6.07) is 18.2. The first-order valence-electron chi connectivity index (χ1n) is 10.3. The molecule has 162 valence electrons. The zero-order valence-corrected chi connectivity index (χ0v) is 18.9. The third-order valence-corrected chi connectivity index (χ3v) is 7.13. The van der Waals surface area contributed by atoms with E-state index in [9.17, 15) is 4.79 Å². The van der Waals surface area contributed by atoms with Crippen LogP contribution < -0.4 is 14.8 Å². The Labute approximate surface area is 194 Å². The Bertz CT molecular complexity index is 1240. The highest BCUT2D eigenvalue weighted by molar-refractivity contribution is 8.00. The van der Waals surface area contributed by atoms with E-state index < -0.39 is 0 Å². The van der Waals surface area contributed by atoms with Crippen LogP contribution in [0.1, 0.15) is 5.56 Å². The number of ether oxygens (including phenoxy) is 2. The van der Waals surface area contributed by atoms with E-state index in [-0.39, 0.29) is 5.91 Å². The Hall–Kier alpha value is -3.10. The lowest BCUT2D eigenvalue weighted by molar-refractivity contribution is -0.118. The van der Waals surface area contributed by atoms with E-state index >= 15 is 0 Å². The molecule has 3 heterocycles. The number of rotatable bonds is 7. The molecule has 0 bridgehead atoms. The summed E-state index contributed by atoms with van der Waals surface area (Å²) >= 11 is 3.07. The number of nitrogens with one attached hydrogen (secondary N) is 1. The topological polar surface area (TPSA) is 73.3 Å². The number of thioether (sulfide) groups is 1. The standard InChI is InChI=1S/C24H21N3O3S2/c28-22(25-9-8-16-6-7-19-20(12-16)30-11-10-29-19)14-31-23-18-13-21(17-4-2-1-3-5-17)32-24(18)27-15-26-23/h1-7,12-13,15H,8-11,14H2,(H,25,28). The van der Waals surface area contributed by atoms with E-state index in [1.165, 1.54) is 11.8 Å². The van der Waals surface area contributed by atoms with Crippen molar-refractivity contribution in [2.75, 3.05) is 25.5 Å². The summed E-state index contributed by atoms with van der Waals surface area (Å²) < 4.78 is 11.2. The second kappa shape index (κ2) is 9.58. The van der Waals surface area contributed by atoms with Crippen molar-refractivity contribution < 1.29 is 14.3 Å². The second-order valence-electron chi connectivity index (χ2n) is 7.24. The van der Waals surface area contributed by atoms with E-state index in [0.29, 0.717) is 25.5 Å². The van der Waals surface area contributed by atoms with Gasteiger partial charge in [-0.05, 0) is 35.7 Å². The van der Waals surface area contributed by atoms with Crippen molar-refractivity contribution in [3.63, 3.8) is 0 Å². The molecule has 1 amide bonds.